The number of fused-ring (bicyclic) bond motifs is 2. The number of hydrogen-bond acceptors (Lipinski definition) is 2. The number of nitrogens with zero attached hydrogens (tertiary/aromatic N) is 1. The van der Waals surface area contributed by atoms with Crippen molar-refractivity contribution in [3.63, 3.8) is 0 Å². The first-order chi connectivity index (χ1) is 10.3. The van der Waals surface area contributed by atoms with Gasteiger partial charge in [-0.1, -0.05) is 25.7 Å². The van der Waals surface area contributed by atoms with E-state index in [0.29, 0.717) is 18.0 Å². The van der Waals surface area contributed by atoms with Gasteiger partial charge in [-0.05, 0) is 56.8 Å². The smallest absolute Gasteiger partial charge is 0.239 e. The van der Waals surface area contributed by atoms with Gasteiger partial charge in [0, 0.05) is 18.6 Å². The van der Waals surface area contributed by atoms with E-state index in [9.17, 15) is 4.79 Å². The molecule has 1 N–H and O–H groups in total. The molecule has 118 valence electrons. The Morgan fingerprint density at radius 1 is 0.810 bits per heavy atom. The minimum absolute atomic E-state index is 0.130. The monoisotopic (exact) mass is 290 g/mol. The Kier molecular flexibility index (Phi) is 3.95. The third-order valence-electron chi connectivity index (χ3n) is 6.74. The Labute approximate surface area is 128 Å². The van der Waals surface area contributed by atoms with Crippen LogP contribution >= 0.6 is 0 Å². The van der Waals surface area contributed by atoms with Crippen LogP contribution in [0.4, 0.5) is 0 Å². The molecule has 0 spiro atoms. The van der Waals surface area contributed by atoms with Gasteiger partial charge in [0.2, 0.25) is 5.91 Å². The Morgan fingerprint density at radius 2 is 1.57 bits per heavy atom. The van der Waals surface area contributed by atoms with Gasteiger partial charge in [-0.15, -0.1) is 0 Å². The van der Waals surface area contributed by atoms with Gasteiger partial charge in [0.1, 0.15) is 0 Å². The van der Waals surface area contributed by atoms with Crippen molar-refractivity contribution in [3.05, 3.63) is 0 Å². The lowest BCUT2D eigenvalue weighted by Gasteiger charge is -2.42. The summed E-state index contributed by atoms with van der Waals surface area (Å²) in [4.78, 5) is 15.3. The van der Waals surface area contributed by atoms with Crippen molar-refractivity contribution < 1.29 is 4.79 Å². The van der Waals surface area contributed by atoms with E-state index in [2.05, 4.69) is 10.2 Å². The quantitative estimate of drug-likeness (QED) is 0.805. The molecule has 2 heterocycles. The van der Waals surface area contributed by atoms with Crippen LogP contribution in [0.5, 0.6) is 0 Å². The molecule has 21 heavy (non-hydrogen) atoms. The van der Waals surface area contributed by atoms with E-state index in [-0.39, 0.29) is 6.04 Å². The molecule has 4 aliphatic rings. The molecule has 5 atom stereocenters. The maximum absolute atomic E-state index is 13.0. The number of carbonyl (C=O) groups is 1. The fourth-order valence-corrected chi connectivity index (χ4v) is 5.57. The van der Waals surface area contributed by atoms with Crippen molar-refractivity contribution in [2.24, 2.45) is 11.8 Å². The second-order valence-corrected chi connectivity index (χ2v) is 7.88. The van der Waals surface area contributed by atoms with Gasteiger partial charge in [0.15, 0.2) is 0 Å². The molecule has 4 rings (SSSR count). The zero-order chi connectivity index (χ0) is 14.2. The summed E-state index contributed by atoms with van der Waals surface area (Å²) in [5.41, 5.74) is 0. The molecule has 0 radical (unpaired) electrons. The second-order valence-electron chi connectivity index (χ2n) is 7.88. The highest BCUT2D eigenvalue weighted by Crippen LogP contribution is 2.38. The Hall–Kier alpha value is -0.570. The molecule has 2 aliphatic carbocycles. The number of hydrogen-bond donors (Lipinski definition) is 1. The SMILES string of the molecule is O=C(C1CCC2CCCCC2N1)N1CCC2CCCCC21. The molecule has 2 saturated carbocycles. The topological polar surface area (TPSA) is 32.3 Å². The van der Waals surface area contributed by atoms with Gasteiger partial charge in [-0.25, -0.2) is 0 Å². The highest BCUT2D eigenvalue weighted by molar-refractivity contribution is 5.82. The molecule has 0 aromatic heterocycles. The summed E-state index contributed by atoms with van der Waals surface area (Å²) < 4.78 is 0. The lowest BCUT2D eigenvalue weighted by molar-refractivity contribution is -0.136. The van der Waals surface area contributed by atoms with Gasteiger partial charge in [-0.2, -0.15) is 0 Å². The molecule has 2 aliphatic heterocycles. The number of carbonyl (C=O) groups excluding carboxylic acids is 1. The summed E-state index contributed by atoms with van der Waals surface area (Å²) in [6.07, 6.45) is 14.4. The van der Waals surface area contributed by atoms with E-state index >= 15 is 0 Å². The predicted molar refractivity (Wildman–Crippen MR) is 84.0 cm³/mol. The lowest BCUT2D eigenvalue weighted by Crippen LogP contribution is -2.56. The van der Waals surface area contributed by atoms with Crippen molar-refractivity contribution in [3.8, 4) is 0 Å². The summed E-state index contributed by atoms with van der Waals surface area (Å²) in [6, 6.07) is 1.34. The molecule has 3 nitrogen and oxygen atoms in total. The van der Waals surface area contributed by atoms with E-state index < -0.39 is 0 Å². The molecule has 2 saturated heterocycles. The first kappa shape index (κ1) is 14.0. The average Bonchev–Trinajstić information content (AvgIpc) is 2.98. The fraction of sp³-hybridized carbons (Fsp3) is 0.944. The van der Waals surface area contributed by atoms with E-state index in [1.807, 2.05) is 0 Å². The first-order valence-corrected chi connectivity index (χ1v) is 9.39. The van der Waals surface area contributed by atoms with Crippen molar-refractivity contribution in [2.45, 2.75) is 88.8 Å². The highest BCUT2D eigenvalue weighted by atomic mass is 16.2. The minimum atomic E-state index is 0.130. The Balaban J connectivity index is 1.40. The van der Waals surface area contributed by atoms with Crippen LogP contribution in [0.3, 0.4) is 0 Å². The highest BCUT2D eigenvalue weighted by Gasteiger charge is 2.42. The third-order valence-corrected chi connectivity index (χ3v) is 6.74. The Morgan fingerprint density at radius 3 is 2.48 bits per heavy atom. The molecular weight excluding hydrogens is 260 g/mol. The fourth-order valence-electron chi connectivity index (χ4n) is 5.57. The summed E-state index contributed by atoms with van der Waals surface area (Å²) >= 11 is 0. The van der Waals surface area contributed by atoms with E-state index in [4.69, 9.17) is 0 Å². The number of nitrogens with one attached hydrogen (secondary N) is 1. The van der Waals surface area contributed by atoms with Crippen LogP contribution in [0, 0.1) is 11.8 Å². The summed E-state index contributed by atoms with van der Waals surface area (Å²) in [5.74, 6) is 2.10. The van der Waals surface area contributed by atoms with Gasteiger partial charge in [0.05, 0.1) is 6.04 Å². The molecule has 5 unspecified atom stereocenters. The van der Waals surface area contributed by atoms with E-state index in [1.165, 1.54) is 64.2 Å². The number of amides is 1. The van der Waals surface area contributed by atoms with Gasteiger partial charge in [0.25, 0.3) is 0 Å². The first-order valence-electron chi connectivity index (χ1n) is 9.39. The van der Waals surface area contributed by atoms with Crippen molar-refractivity contribution in [2.75, 3.05) is 6.54 Å². The normalized spacial score (nSPS) is 43.2. The summed E-state index contributed by atoms with van der Waals surface area (Å²) in [5, 5.41) is 3.74. The zero-order valence-corrected chi connectivity index (χ0v) is 13.2. The molecule has 0 aromatic rings. The van der Waals surface area contributed by atoms with Crippen LogP contribution in [-0.4, -0.2) is 35.5 Å². The molecule has 1 amide bonds. The molecular formula is C18H30N2O. The van der Waals surface area contributed by atoms with Crippen LogP contribution in [0.15, 0.2) is 0 Å². The lowest BCUT2D eigenvalue weighted by atomic mass is 9.77. The van der Waals surface area contributed by atoms with Crippen molar-refractivity contribution in [1.82, 2.24) is 10.2 Å². The molecule has 0 aromatic carbocycles. The van der Waals surface area contributed by atoms with Gasteiger partial charge < -0.3 is 10.2 Å². The number of piperidine rings is 1. The van der Waals surface area contributed by atoms with Crippen LogP contribution < -0.4 is 5.32 Å². The number of rotatable bonds is 1. The molecule has 3 heteroatoms. The van der Waals surface area contributed by atoms with Gasteiger partial charge >= 0.3 is 0 Å². The van der Waals surface area contributed by atoms with Crippen LogP contribution in [0.25, 0.3) is 0 Å². The summed E-state index contributed by atoms with van der Waals surface area (Å²) in [6.45, 7) is 1.03. The summed E-state index contributed by atoms with van der Waals surface area (Å²) in [7, 11) is 0. The van der Waals surface area contributed by atoms with E-state index in [1.54, 1.807) is 0 Å². The van der Waals surface area contributed by atoms with Gasteiger partial charge in [-0.3, -0.25) is 4.79 Å². The maximum Gasteiger partial charge on any atom is 0.239 e. The minimum Gasteiger partial charge on any atom is -0.338 e. The van der Waals surface area contributed by atoms with E-state index in [0.717, 1.165) is 24.8 Å². The standard InChI is InChI=1S/C18H30N2O/c21-18(20-12-11-14-6-2-4-8-17(14)20)16-10-9-13-5-1-3-7-15(13)19-16/h13-17,19H,1-12H2. The molecule has 4 fully saturated rings. The van der Waals surface area contributed by atoms with Crippen molar-refractivity contribution in [1.29, 1.82) is 0 Å². The largest absolute Gasteiger partial charge is 0.338 e. The third kappa shape index (κ3) is 2.62. The van der Waals surface area contributed by atoms with Crippen LogP contribution in [0.2, 0.25) is 0 Å². The second kappa shape index (κ2) is 5.91. The van der Waals surface area contributed by atoms with Crippen molar-refractivity contribution >= 4 is 5.91 Å². The molecule has 0 bridgehead atoms. The van der Waals surface area contributed by atoms with Crippen LogP contribution in [-0.2, 0) is 4.79 Å². The maximum atomic E-state index is 13.0. The number of likely N-dealkylation sites (tertiary alicyclic amines) is 1. The zero-order valence-electron chi connectivity index (χ0n) is 13.2. The van der Waals surface area contributed by atoms with Crippen LogP contribution in [0.1, 0.15) is 70.6 Å². The predicted octanol–water partition coefficient (Wildman–Crippen LogP) is 3.09. The Bertz CT molecular complexity index is 397. The average molecular weight is 290 g/mol.